The van der Waals surface area contributed by atoms with Crippen molar-refractivity contribution in [1.29, 1.82) is 0 Å². The van der Waals surface area contributed by atoms with Crippen LogP contribution in [-0.4, -0.2) is 98.9 Å². The molecule has 6 rings (SSSR count). The maximum atomic E-state index is 13.9. The third kappa shape index (κ3) is 8.95. The molecule has 5 N–H and O–H groups in total. The molecule has 16 heteroatoms. The molecule has 2 aromatic carbocycles. The van der Waals surface area contributed by atoms with Gasteiger partial charge < -0.3 is 45.2 Å². The van der Waals surface area contributed by atoms with Crippen LogP contribution in [0.4, 0.5) is 21.1 Å². The van der Waals surface area contributed by atoms with E-state index >= 15 is 0 Å². The number of H-pyrrole nitrogens is 2. The molecule has 0 saturated carbocycles. The summed E-state index contributed by atoms with van der Waals surface area (Å²) in [7, 11) is 2.54. The molecule has 2 aliphatic rings. The van der Waals surface area contributed by atoms with E-state index in [0.29, 0.717) is 59.5 Å². The largest absolute Gasteiger partial charge is 0.453 e. The van der Waals surface area contributed by atoms with Crippen molar-refractivity contribution in [2.24, 2.45) is 11.8 Å². The number of aromatic amines is 2. The average molecular weight is 782 g/mol. The van der Waals surface area contributed by atoms with Crippen molar-refractivity contribution < 1.29 is 33.4 Å². The van der Waals surface area contributed by atoms with Crippen molar-refractivity contribution >= 4 is 41.3 Å². The van der Waals surface area contributed by atoms with Gasteiger partial charge in [-0.2, -0.15) is 0 Å². The summed E-state index contributed by atoms with van der Waals surface area (Å²) in [5.41, 5.74) is 2.98. The second-order valence-electron chi connectivity index (χ2n) is 15.0. The first-order chi connectivity index (χ1) is 27.4. The molecule has 4 amide bonds. The summed E-state index contributed by atoms with van der Waals surface area (Å²) in [6.07, 6.45) is 5.23. The number of benzene rings is 2. The minimum Gasteiger partial charge on any atom is -0.453 e. The number of aromatic nitrogens is 4. The summed E-state index contributed by atoms with van der Waals surface area (Å²) < 4.78 is 9.49. The van der Waals surface area contributed by atoms with Crippen LogP contribution < -0.4 is 16.0 Å². The van der Waals surface area contributed by atoms with Crippen molar-refractivity contribution in [3.8, 4) is 11.3 Å². The van der Waals surface area contributed by atoms with E-state index in [1.165, 1.54) is 14.2 Å². The van der Waals surface area contributed by atoms with Crippen LogP contribution in [0.1, 0.15) is 93.0 Å². The minimum atomic E-state index is -0.740. The molecule has 4 atom stereocenters. The van der Waals surface area contributed by atoms with Gasteiger partial charge in [-0.1, -0.05) is 64.1 Å². The third-order valence-corrected chi connectivity index (χ3v) is 10.6. The highest BCUT2D eigenvalue weighted by Gasteiger charge is 2.39. The summed E-state index contributed by atoms with van der Waals surface area (Å²) in [6.45, 7) is 8.58. The second-order valence-corrected chi connectivity index (χ2v) is 15.0. The smallest absolute Gasteiger partial charge is 0.407 e. The van der Waals surface area contributed by atoms with E-state index in [4.69, 9.17) is 19.4 Å². The van der Waals surface area contributed by atoms with Crippen LogP contribution in [0.5, 0.6) is 0 Å². The molecular weight excluding hydrogens is 731 g/mol. The number of amides is 4. The highest BCUT2D eigenvalue weighted by Crippen LogP contribution is 2.34. The van der Waals surface area contributed by atoms with Crippen LogP contribution in [0.25, 0.3) is 11.3 Å². The number of rotatable bonds is 13. The Kier molecular flexibility index (Phi) is 12.6. The summed E-state index contributed by atoms with van der Waals surface area (Å²) in [5, 5.41) is 8.62. The molecule has 0 radical (unpaired) electrons. The Morgan fingerprint density at radius 2 is 1.25 bits per heavy atom. The fraction of sp³-hybridized carbons (Fsp3) is 0.439. The highest BCUT2D eigenvalue weighted by atomic mass is 16.5. The van der Waals surface area contributed by atoms with Gasteiger partial charge >= 0.3 is 12.2 Å². The lowest BCUT2D eigenvalue weighted by atomic mass is 10.00. The lowest BCUT2D eigenvalue weighted by Gasteiger charge is -2.29. The molecule has 16 nitrogen and oxygen atoms in total. The predicted molar refractivity (Wildman–Crippen MR) is 211 cm³/mol. The summed E-state index contributed by atoms with van der Waals surface area (Å²) in [4.78, 5) is 84.5. The lowest BCUT2D eigenvalue weighted by molar-refractivity contribution is -0.136. The number of likely N-dealkylation sites (tertiary alicyclic amines) is 2. The van der Waals surface area contributed by atoms with Gasteiger partial charge in [-0.3, -0.25) is 14.4 Å². The zero-order chi connectivity index (χ0) is 40.8. The van der Waals surface area contributed by atoms with E-state index in [2.05, 4.69) is 25.9 Å². The first-order valence-electron chi connectivity index (χ1n) is 19.3. The van der Waals surface area contributed by atoms with E-state index in [9.17, 15) is 24.0 Å². The quantitative estimate of drug-likeness (QED) is 0.102. The Morgan fingerprint density at radius 1 is 0.719 bits per heavy atom. The Labute approximate surface area is 331 Å². The maximum absolute atomic E-state index is 13.9. The number of hydrogen-bond acceptors (Lipinski definition) is 10. The molecule has 0 aliphatic carbocycles. The van der Waals surface area contributed by atoms with Gasteiger partial charge in [0.15, 0.2) is 5.78 Å². The Bertz CT molecular complexity index is 2080. The van der Waals surface area contributed by atoms with Crippen molar-refractivity contribution in [3.63, 3.8) is 0 Å². The summed E-state index contributed by atoms with van der Waals surface area (Å²) >= 11 is 0. The van der Waals surface area contributed by atoms with Gasteiger partial charge in [0.2, 0.25) is 11.8 Å². The molecule has 0 bridgehead atoms. The summed E-state index contributed by atoms with van der Waals surface area (Å²) in [6, 6.07) is 12.4. The summed E-state index contributed by atoms with van der Waals surface area (Å²) in [5.74, 6) is 0.898. The number of nitrogens with one attached hydrogen (secondary N) is 5. The lowest BCUT2D eigenvalue weighted by Crippen LogP contribution is -2.51. The molecule has 4 aromatic rings. The average Bonchev–Trinajstić information content (AvgIpc) is 4.05. The van der Waals surface area contributed by atoms with Gasteiger partial charge in [0, 0.05) is 42.2 Å². The molecule has 0 unspecified atom stereocenters. The Hall–Kier alpha value is -6.19. The van der Waals surface area contributed by atoms with Crippen molar-refractivity contribution in [3.05, 3.63) is 83.7 Å². The number of imidazole rings is 2. The van der Waals surface area contributed by atoms with E-state index in [1.54, 1.807) is 46.5 Å². The zero-order valence-corrected chi connectivity index (χ0v) is 33.1. The number of carbonyl (C=O) groups is 5. The fourth-order valence-corrected chi connectivity index (χ4v) is 7.49. The first kappa shape index (κ1) is 40.5. The number of nitrogens with zero attached hydrogens (tertiary/aromatic N) is 4. The van der Waals surface area contributed by atoms with Gasteiger partial charge in [-0.05, 0) is 49.7 Å². The number of anilines is 2. The SMILES string of the molecule is COC(=O)N[C@H](C(=O)N1CCC[C@H]1c1nc(Nc2ccccc2C(=O)c2ccc(-c3c[nH]c([C@@H]4CCCN4C(=O)[C@@H](NC(=O)OC)C(C)C)n3)cc2)c[nH]1)C(C)C. The fourth-order valence-electron chi connectivity index (χ4n) is 7.49. The molecule has 2 saturated heterocycles. The number of hydrogen-bond donors (Lipinski definition) is 5. The third-order valence-electron chi connectivity index (χ3n) is 10.6. The number of para-hydroxylation sites is 1. The number of ether oxygens (including phenoxy) is 2. The van der Waals surface area contributed by atoms with Crippen LogP contribution in [0.3, 0.4) is 0 Å². The van der Waals surface area contributed by atoms with Crippen LogP contribution in [0.2, 0.25) is 0 Å². The van der Waals surface area contributed by atoms with Crippen LogP contribution >= 0.6 is 0 Å². The molecule has 2 fully saturated rings. The Balaban J connectivity index is 1.13. The topological polar surface area (TPSA) is 204 Å². The number of ketones is 1. The number of methoxy groups -OCH3 is 2. The molecule has 57 heavy (non-hydrogen) atoms. The molecule has 4 heterocycles. The van der Waals surface area contributed by atoms with E-state index in [-0.39, 0.29) is 41.5 Å². The highest BCUT2D eigenvalue weighted by molar-refractivity contribution is 6.12. The maximum Gasteiger partial charge on any atom is 0.407 e. The van der Waals surface area contributed by atoms with Gasteiger partial charge in [0.1, 0.15) is 29.6 Å². The minimum absolute atomic E-state index is 0.137. The Morgan fingerprint density at radius 3 is 1.79 bits per heavy atom. The van der Waals surface area contributed by atoms with Crippen LogP contribution in [0, 0.1) is 11.8 Å². The normalized spacial score (nSPS) is 17.7. The zero-order valence-electron chi connectivity index (χ0n) is 33.1. The monoisotopic (exact) mass is 781 g/mol. The standard InChI is InChI=1S/C41H51N9O7/c1-23(2)33(47-40(54)56-5)38(52)49-19-9-13-30(49)36-42-21-29(45-36)25-15-17-26(18-16-25)35(51)27-11-7-8-12-28(27)44-32-22-43-37(46-32)31-14-10-20-50(31)39(53)34(24(3)4)48-41(55)57-6/h7-8,11-12,15-18,21-24,30-31,33-34,44H,9-10,13-14,19-20H2,1-6H3,(H,42,45)(H,43,46)(H,47,54)(H,48,55)/t30-,31-,33-,34-/m0/s1. The molecule has 0 spiro atoms. The van der Waals surface area contributed by atoms with Crippen molar-refractivity contribution in [2.75, 3.05) is 32.6 Å². The second kappa shape index (κ2) is 17.7. The predicted octanol–water partition coefficient (Wildman–Crippen LogP) is 5.86. The van der Waals surface area contributed by atoms with Gasteiger partial charge in [0.25, 0.3) is 0 Å². The van der Waals surface area contributed by atoms with Crippen molar-refractivity contribution in [1.82, 2.24) is 40.4 Å². The molecule has 302 valence electrons. The van der Waals surface area contributed by atoms with Gasteiger partial charge in [-0.25, -0.2) is 19.6 Å². The van der Waals surface area contributed by atoms with Crippen LogP contribution in [-0.2, 0) is 19.1 Å². The first-order valence-corrected chi connectivity index (χ1v) is 19.3. The number of alkyl carbamates (subject to hydrolysis) is 2. The number of carbonyl (C=O) groups excluding carboxylic acids is 5. The van der Waals surface area contributed by atoms with Gasteiger partial charge in [-0.15, -0.1) is 0 Å². The van der Waals surface area contributed by atoms with Crippen molar-refractivity contribution in [2.45, 2.75) is 77.5 Å². The van der Waals surface area contributed by atoms with E-state index < -0.39 is 24.3 Å². The molecular formula is C41H51N9O7. The van der Waals surface area contributed by atoms with E-state index in [0.717, 1.165) is 24.8 Å². The molecule has 2 aromatic heterocycles. The van der Waals surface area contributed by atoms with E-state index in [1.807, 2.05) is 52.0 Å². The van der Waals surface area contributed by atoms with Gasteiger partial charge in [0.05, 0.1) is 37.7 Å². The molecule has 2 aliphatic heterocycles. The van der Waals surface area contributed by atoms with Crippen LogP contribution in [0.15, 0.2) is 60.9 Å².